The quantitative estimate of drug-likeness (QED) is 0.833. The Morgan fingerprint density at radius 1 is 1.26 bits per heavy atom. The predicted octanol–water partition coefficient (Wildman–Crippen LogP) is 1.93. The van der Waals surface area contributed by atoms with Crippen molar-refractivity contribution in [1.29, 1.82) is 0 Å². The summed E-state index contributed by atoms with van der Waals surface area (Å²) in [4.78, 5) is 25.1. The zero-order valence-corrected chi connectivity index (χ0v) is 13.9. The maximum Gasteiger partial charge on any atom is 0.231 e. The highest BCUT2D eigenvalue weighted by atomic mass is 16.7. The van der Waals surface area contributed by atoms with Crippen molar-refractivity contribution in [3.8, 4) is 11.5 Å². The van der Waals surface area contributed by atoms with Crippen LogP contribution in [-0.4, -0.2) is 36.6 Å². The molecule has 0 radical (unpaired) electrons. The molecule has 2 rings (SSSR count). The molecule has 0 unspecified atom stereocenters. The lowest BCUT2D eigenvalue weighted by Crippen LogP contribution is -2.37. The van der Waals surface area contributed by atoms with Gasteiger partial charge in [-0.1, -0.05) is 19.9 Å². The standard InChI is InChI=1S/C17H24N2O4/c1-12(2)8-17(21)18-6-7-19(13(3)20)10-14-4-5-15-16(9-14)23-11-22-15/h4-5,9,12H,6-8,10-11H2,1-3H3,(H,18,21). The summed E-state index contributed by atoms with van der Waals surface area (Å²) in [5, 5.41) is 2.85. The first kappa shape index (κ1) is 17.1. The number of amides is 2. The van der Waals surface area contributed by atoms with Gasteiger partial charge >= 0.3 is 0 Å². The highest BCUT2D eigenvalue weighted by Crippen LogP contribution is 2.32. The zero-order valence-electron chi connectivity index (χ0n) is 13.9. The Balaban J connectivity index is 1.86. The highest BCUT2D eigenvalue weighted by molar-refractivity contribution is 5.76. The van der Waals surface area contributed by atoms with Gasteiger partial charge in [-0.3, -0.25) is 9.59 Å². The monoisotopic (exact) mass is 320 g/mol. The van der Waals surface area contributed by atoms with E-state index in [2.05, 4.69) is 5.32 Å². The molecule has 0 bridgehead atoms. The van der Waals surface area contributed by atoms with Gasteiger partial charge in [0, 0.05) is 33.0 Å². The number of benzene rings is 1. The molecule has 0 atom stereocenters. The van der Waals surface area contributed by atoms with E-state index in [-0.39, 0.29) is 18.6 Å². The first-order valence-corrected chi connectivity index (χ1v) is 7.86. The van der Waals surface area contributed by atoms with E-state index in [0.717, 1.165) is 11.3 Å². The van der Waals surface area contributed by atoms with Crippen molar-refractivity contribution < 1.29 is 19.1 Å². The van der Waals surface area contributed by atoms with Gasteiger partial charge in [-0.05, 0) is 23.6 Å². The summed E-state index contributed by atoms with van der Waals surface area (Å²) in [6.45, 7) is 7.18. The lowest BCUT2D eigenvalue weighted by atomic mass is 10.1. The van der Waals surface area contributed by atoms with E-state index >= 15 is 0 Å². The molecule has 0 saturated carbocycles. The number of carbonyl (C=O) groups is 2. The number of hydrogen-bond donors (Lipinski definition) is 1. The molecular formula is C17H24N2O4. The van der Waals surface area contributed by atoms with Crippen LogP contribution in [0.2, 0.25) is 0 Å². The molecule has 1 N–H and O–H groups in total. The molecule has 1 aliphatic heterocycles. The number of hydrogen-bond acceptors (Lipinski definition) is 4. The average Bonchev–Trinajstić information content (AvgIpc) is 2.92. The average molecular weight is 320 g/mol. The fourth-order valence-corrected chi connectivity index (χ4v) is 2.38. The summed E-state index contributed by atoms with van der Waals surface area (Å²) in [6.07, 6.45) is 0.502. The van der Waals surface area contributed by atoms with E-state index in [0.29, 0.717) is 37.7 Å². The molecule has 1 aromatic carbocycles. The second-order valence-corrected chi connectivity index (χ2v) is 6.08. The summed E-state index contributed by atoms with van der Waals surface area (Å²) < 4.78 is 10.6. The maximum atomic E-state index is 11.8. The van der Waals surface area contributed by atoms with Crippen LogP contribution >= 0.6 is 0 Å². The number of fused-ring (bicyclic) bond motifs is 1. The van der Waals surface area contributed by atoms with Crippen molar-refractivity contribution >= 4 is 11.8 Å². The lowest BCUT2D eigenvalue weighted by molar-refractivity contribution is -0.130. The maximum absolute atomic E-state index is 11.8. The molecule has 0 saturated heterocycles. The van der Waals surface area contributed by atoms with Gasteiger partial charge in [-0.15, -0.1) is 0 Å². The van der Waals surface area contributed by atoms with Crippen molar-refractivity contribution in [3.63, 3.8) is 0 Å². The molecular weight excluding hydrogens is 296 g/mol. The Hall–Kier alpha value is -2.24. The third-order valence-corrected chi connectivity index (χ3v) is 3.55. The Morgan fingerprint density at radius 2 is 2.00 bits per heavy atom. The summed E-state index contributed by atoms with van der Waals surface area (Å²) >= 11 is 0. The van der Waals surface area contributed by atoms with Crippen LogP contribution in [0.1, 0.15) is 32.8 Å². The number of nitrogens with one attached hydrogen (secondary N) is 1. The number of rotatable bonds is 7. The van der Waals surface area contributed by atoms with Crippen LogP contribution in [0.5, 0.6) is 11.5 Å². The lowest BCUT2D eigenvalue weighted by Gasteiger charge is -2.21. The Morgan fingerprint density at radius 3 is 2.70 bits per heavy atom. The molecule has 1 aliphatic rings. The van der Waals surface area contributed by atoms with E-state index < -0.39 is 0 Å². The van der Waals surface area contributed by atoms with Crippen LogP contribution in [-0.2, 0) is 16.1 Å². The predicted molar refractivity (Wildman–Crippen MR) is 86.1 cm³/mol. The molecule has 1 heterocycles. The van der Waals surface area contributed by atoms with Crippen LogP contribution in [0, 0.1) is 5.92 Å². The van der Waals surface area contributed by atoms with Crippen molar-refractivity contribution in [3.05, 3.63) is 23.8 Å². The Labute approximate surface area is 136 Å². The van der Waals surface area contributed by atoms with Crippen LogP contribution in [0.25, 0.3) is 0 Å². The van der Waals surface area contributed by atoms with Gasteiger partial charge in [-0.25, -0.2) is 0 Å². The third kappa shape index (κ3) is 5.16. The first-order valence-electron chi connectivity index (χ1n) is 7.86. The molecule has 2 amide bonds. The fourth-order valence-electron chi connectivity index (χ4n) is 2.38. The fraction of sp³-hybridized carbons (Fsp3) is 0.529. The summed E-state index contributed by atoms with van der Waals surface area (Å²) in [5.74, 6) is 1.75. The highest BCUT2D eigenvalue weighted by Gasteiger charge is 2.16. The SMILES string of the molecule is CC(=O)N(CCNC(=O)CC(C)C)Cc1ccc2c(c1)OCO2. The van der Waals surface area contributed by atoms with E-state index in [4.69, 9.17) is 9.47 Å². The number of ether oxygens (including phenoxy) is 2. The molecule has 23 heavy (non-hydrogen) atoms. The molecule has 6 heteroatoms. The van der Waals surface area contributed by atoms with Crippen LogP contribution < -0.4 is 14.8 Å². The smallest absolute Gasteiger partial charge is 0.231 e. The summed E-state index contributed by atoms with van der Waals surface area (Å²) in [6, 6.07) is 5.65. The minimum atomic E-state index is -0.0271. The second-order valence-electron chi connectivity index (χ2n) is 6.08. The van der Waals surface area contributed by atoms with E-state index in [9.17, 15) is 9.59 Å². The normalized spacial score (nSPS) is 12.3. The van der Waals surface area contributed by atoms with Crippen molar-refractivity contribution in [2.45, 2.75) is 33.7 Å². The van der Waals surface area contributed by atoms with E-state index in [1.54, 1.807) is 4.90 Å². The Bertz CT molecular complexity index is 572. The summed E-state index contributed by atoms with van der Waals surface area (Å²) in [5.41, 5.74) is 0.970. The minimum Gasteiger partial charge on any atom is -0.454 e. The third-order valence-electron chi connectivity index (χ3n) is 3.55. The molecule has 0 spiro atoms. The summed E-state index contributed by atoms with van der Waals surface area (Å²) in [7, 11) is 0. The molecule has 6 nitrogen and oxygen atoms in total. The van der Waals surface area contributed by atoms with Crippen molar-refractivity contribution in [1.82, 2.24) is 10.2 Å². The molecule has 1 aromatic rings. The first-order chi connectivity index (χ1) is 11.0. The molecule has 0 fully saturated rings. The van der Waals surface area contributed by atoms with Crippen LogP contribution in [0.4, 0.5) is 0 Å². The molecule has 0 aromatic heterocycles. The van der Waals surface area contributed by atoms with Gasteiger partial charge in [0.25, 0.3) is 0 Å². The van der Waals surface area contributed by atoms with Crippen LogP contribution in [0.15, 0.2) is 18.2 Å². The number of carbonyl (C=O) groups excluding carboxylic acids is 2. The van der Waals surface area contributed by atoms with E-state index in [1.165, 1.54) is 6.92 Å². The van der Waals surface area contributed by atoms with Gasteiger partial charge < -0.3 is 19.7 Å². The van der Waals surface area contributed by atoms with Gasteiger partial charge in [0.1, 0.15) is 0 Å². The van der Waals surface area contributed by atoms with Crippen LogP contribution in [0.3, 0.4) is 0 Å². The van der Waals surface area contributed by atoms with Gasteiger partial charge in [0.2, 0.25) is 18.6 Å². The minimum absolute atomic E-state index is 0.0200. The zero-order chi connectivity index (χ0) is 16.8. The number of nitrogens with zero attached hydrogens (tertiary/aromatic N) is 1. The van der Waals surface area contributed by atoms with Gasteiger partial charge in [0.15, 0.2) is 11.5 Å². The van der Waals surface area contributed by atoms with Crippen molar-refractivity contribution in [2.75, 3.05) is 19.9 Å². The Kier molecular flexibility index (Phi) is 5.84. The largest absolute Gasteiger partial charge is 0.454 e. The van der Waals surface area contributed by atoms with Gasteiger partial charge in [-0.2, -0.15) is 0 Å². The second kappa shape index (κ2) is 7.85. The molecule has 126 valence electrons. The van der Waals surface area contributed by atoms with Crippen molar-refractivity contribution in [2.24, 2.45) is 5.92 Å². The van der Waals surface area contributed by atoms with E-state index in [1.807, 2.05) is 32.0 Å². The van der Waals surface area contributed by atoms with Gasteiger partial charge in [0.05, 0.1) is 0 Å². The topological polar surface area (TPSA) is 67.9 Å². The molecule has 0 aliphatic carbocycles.